The smallest absolute Gasteiger partial charge is 0.0102 e. The quantitative estimate of drug-likeness (QED) is 0.289. The Morgan fingerprint density at radius 3 is 1.48 bits per heavy atom. The second-order valence-corrected chi connectivity index (χ2v) is 8.01. The monoisotopic (exact) mass is 310 g/mol. The maximum atomic E-state index is 2.35. The van der Waals surface area contributed by atoms with Crippen molar-refractivity contribution in [1.29, 1.82) is 0 Å². The van der Waals surface area contributed by atoms with Crippen LogP contribution in [0.1, 0.15) is 9.75 Å². The number of aryl methyl sites for hydroxylation is 2. The molecule has 1 heterocycles. The molecule has 1 heteroatoms. The minimum Gasteiger partial charge on any atom is -0.145 e. The molecule has 23 heavy (non-hydrogen) atoms. The van der Waals surface area contributed by atoms with Gasteiger partial charge in [0.2, 0.25) is 0 Å². The topological polar surface area (TPSA) is 0 Å². The molecule has 0 bridgehead atoms. The average Bonchev–Trinajstić information content (AvgIpc) is 3.16. The van der Waals surface area contributed by atoms with E-state index in [-0.39, 0.29) is 0 Å². The molecule has 2 aliphatic carbocycles. The first kappa shape index (κ1) is 12.1. The van der Waals surface area contributed by atoms with E-state index in [1.54, 1.807) is 0 Å². The van der Waals surface area contributed by atoms with E-state index in [9.17, 15) is 0 Å². The summed E-state index contributed by atoms with van der Waals surface area (Å²) in [5.74, 6) is 0. The lowest BCUT2D eigenvalue weighted by molar-refractivity contribution is 1.61. The zero-order valence-corrected chi connectivity index (χ0v) is 13.8. The molecule has 0 saturated carbocycles. The zero-order chi connectivity index (χ0) is 15.3. The third-order valence-corrected chi connectivity index (χ3v) is 6.49. The molecule has 108 valence electrons. The largest absolute Gasteiger partial charge is 0.145 e. The molecule has 1 aromatic heterocycles. The second-order valence-electron chi connectivity index (χ2n) is 6.58. The summed E-state index contributed by atoms with van der Waals surface area (Å²) in [5.41, 5.74) is 11.4. The summed E-state index contributed by atoms with van der Waals surface area (Å²) in [4.78, 5) is 2.89. The van der Waals surface area contributed by atoms with Crippen molar-refractivity contribution in [2.75, 3.05) is 0 Å². The Morgan fingerprint density at radius 2 is 0.957 bits per heavy atom. The van der Waals surface area contributed by atoms with Crippen LogP contribution in [0.3, 0.4) is 0 Å². The van der Waals surface area contributed by atoms with Gasteiger partial charge in [0.05, 0.1) is 0 Å². The lowest BCUT2D eigenvalue weighted by Crippen LogP contribution is -1.80. The Kier molecular flexibility index (Phi) is 1.97. The molecule has 0 aliphatic heterocycles. The van der Waals surface area contributed by atoms with Crippen LogP contribution in [-0.4, -0.2) is 0 Å². The summed E-state index contributed by atoms with van der Waals surface area (Å²) >= 11 is 1.93. The molecule has 4 aromatic rings. The fraction of sp³-hybridized carbons (Fsp3) is 0.0909. The van der Waals surface area contributed by atoms with E-state index in [4.69, 9.17) is 0 Å². The highest BCUT2D eigenvalue weighted by atomic mass is 32.1. The summed E-state index contributed by atoms with van der Waals surface area (Å²) in [6.07, 6.45) is 0. The van der Waals surface area contributed by atoms with Gasteiger partial charge in [0.1, 0.15) is 0 Å². The number of thiophene rings is 1. The molecule has 0 atom stereocenters. The summed E-state index contributed by atoms with van der Waals surface area (Å²) in [7, 11) is 0. The van der Waals surface area contributed by atoms with Crippen LogP contribution in [0.2, 0.25) is 0 Å². The van der Waals surface area contributed by atoms with Crippen LogP contribution in [-0.2, 0) is 0 Å². The molecule has 0 N–H and O–H groups in total. The van der Waals surface area contributed by atoms with Crippen LogP contribution in [0.25, 0.3) is 55.3 Å². The number of benzene rings is 3. The Balaban J connectivity index is 1.87. The Bertz CT molecular complexity index is 1090. The standard InChI is InChI=1S/C22H14S/c1-11-19-17-9-7-15-13-5-3-4-6-14(13)16-8-10-18(22(17)21(15)16)20(19)12(2)23-11/h3-10H,1-2H3. The SMILES string of the molecule is Cc1sc(C)c2c1-c1ccc3c4c(ccc-2c14)-c1ccccc1-3. The number of hydrogen-bond donors (Lipinski definition) is 0. The average molecular weight is 310 g/mol. The fourth-order valence-electron chi connectivity index (χ4n) is 4.65. The summed E-state index contributed by atoms with van der Waals surface area (Å²) in [6.45, 7) is 4.52. The van der Waals surface area contributed by atoms with Gasteiger partial charge in [-0.15, -0.1) is 11.3 Å². The summed E-state index contributed by atoms with van der Waals surface area (Å²) < 4.78 is 0. The van der Waals surface area contributed by atoms with Crippen LogP contribution in [0, 0.1) is 13.8 Å². The van der Waals surface area contributed by atoms with Gasteiger partial charge < -0.3 is 0 Å². The number of rotatable bonds is 0. The predicted molar refractivity (Wildman–Crippen MR) is 100 cm³/mol. The Morgan fingerprint density at radius 1 is 0.522 bits per heavy atom. The molecule has 0 spiro atoms. The first-order valence-electron chi connectivity index (χ1n) is 8.06. The van der Waals surface area contributed by atoms with Crippen molar-refractivity contribution >= 4 is 22.1 Å². The maximum absolute atomic E-state index is 2.35. The molecule has 0 nitrogen and oxygen atoms in total. The van der Waals surface area contributed by atoms with Gasteiger partial charge in [-0.05, 0) is 58.0 Å². The van der Waals surface area contributed by atoms with E-state index in [1.807, 2.05) is 11.3 Å². The third kappa shape index (κ3) is 1.22. The van der Waals surface area contributed by atoms with Crippen LogP contribution in [0.5, 0.6) is 0 Å². The van der Waals surface area contributed by atoms with Crippen molar-refractivity contribution in [3.63, 3.8) is 0 Å². The molecular formula is C22H14S. The van der Waals surface area contributed by atoms with E-state index in [1.165, 1.54) is 65.0 Å². The maximum Gasteiger partial charge on any atom is 0.0102 e. The minimum absolute atomic E-state index is 1.38. The van der Waals surface area contributed by atoms with E-state index in [2.05, 4.69) is 62.4 Å². The van der Waals surface area contributed by atoms with E-state index in [0.29, 0.717) is 0 Å². The highest BCUT2D eigenvalue weighted by molar-refractivity contribution is 7.13. The fourth-order valence-corrected chi connectivity index (χ4v) is 5.73. The van der Waals surface area contributed by atoms with Crippen molar-refractivity contribution in [2.45, 2.75) is 13.8 Å². The van der Waals surface area contributed by atoms with Crippen molar-refractivity contribution in [3.05, 3.63) is 58.3 Å². The molecule has 3 aromatic carbocycles. The third-order valence-electron chi connectivity index (χ3n) is 5.47. The van der Waals surface area contributed by atoms with Crippen molar-refractivity contribution < 1.29 is 0 Å². The molecule has 0 amide bonds. The van der Waals surface area contributed by atoms with Gasteiger partial charge in [-0.1, -0.05) is 48.5 Å². The van der Waals surface area contributed by atoms with Crippen LogP contribution >= 0.6 is 11.3 Å². The lowest BCUT2D eigenvalue weighted by Gasteiger charge is -2.07. The molecule has 6 rings (SSSR count). The van der Waals surface area contributed by atoms with E-state index < -0.39 is 0 Å². The number of hydrogen-bond acceptors (Lipinski definition) is 1. The van der Waals surface area contributed by atoms with Gasteiger partial charge in [0.25, 0.3) is 0 Å². The van der Waals surface area contributed by atoms with Gasteiger partial charge in [0, 0.05) is 20.9 Å². The van der Waals surface area contributed by atoms with Crippen LogP contribution in [0.15, 0.2) is 48.5 Å². The molecule has 0 radical (unpaired) electrons. The van der Waals surface area contributed by atoms with Gasteiger partial charge in [-0.25, -0.2) is 0 Å². The zero-order valence-electron chi connectivity index (χ0n) is 13.0. The first-order valence-corrected chi connectivity index (χ1v) is 8.87. The van der Waals surface area contributed by atoms with Crippen molar-refractivity contribution in [2.24, 2.45) is 0 Å². The normalized spacial score (nSPS) is 12.8. The molecule has 0 unspecified atom stereocenters. The van der Waals surface area contributed by atoms with Crippen LogP contribution in [0.4, 0.5) is 0 Å². The van der Waals surface area contributed by atoms with Crippen LogP contribution < -0.4 is 0 Å². The first-order chi connectivity index (χ1) is 11.3. The van der Waals surface area contributed by atoms with Gasteiger partial charge >= 0.3 is 0 Å². The van der Waals surface area contributed by atoms with E-state index >= 15 is 0 Å². The predicted octanol–water partition coefficient (Wildman–Crippen LogP) is 6.81. The molecular weight excluding hydrogens is 296 g/mol. The van der Waals surface area contributed by atoms with Gasteiger partial charge in [-0.2, -0.15) is 0 Å². The molecule has 0 fully saturated rings. The highest BCUT2D eigenvalue weighted by Gasteiger charge is 2.31. The van der Waals surface area contributed by atoms with E-state index in [0.717, 1.165) is 0 Å². The van der Waals surface area contributed by atoms with Crippen molar-refractivity contribution in [3.8, 4) is 44.5 Å². The highest BCUT2D eigenvalue weighted by Crippen LogP contribution is 2.58. The molecule has 0 saturated heterocycles. The van der Waals surface area contributed by atoms with Gasteiger partial charge in [-0.3, -0.25) is 0 Å². The Hall–Kier alpha value is -2.38. The van der Waals surface area contributed by atoms with Gasteiger partial charge in [0.15, 0.2) is 0 Å². The second kappa shape index (κ2) is 3.74. The van der Waals surface area contributed by atoms with Crippen molar-refractivity contribution in [1.82, 2.24) is 0 Å². The Labute approximate surface area is 139 Å². The lowest BCUT2D eigenvalue weighted by atomic mass is 9.97. The summed E-state index contributed by atoms with van der Waals surface area (Å²) in [6, 6.07) is 18.2. The number of fused-ring (bicyclic) bond motifs is 6. The molecule has 2 aliphatic rings. The summed E-state index contributed by atoms with van der Waals surface area (Å²) in [5, 5.41) is 2.93. The minimum atomic E-state index is 1.38.